The third-order valence-electron chi connectivity index (χ3n) is 2.59. The Morgan fingerprint density at radius 2 is 2.05 bits per heavy atom. The Morgan fingerprint density at radius 3 is 2.58 bits per heavy atom. The van der Waals surface area contributed by atoms with Crippen LogP contribution in [0, 0.1) is 5.92 Å². The topological polar surface area (TPSA) is 90.6 Å². The molecule has 1 unspecified atom stereocenters. The van der Waals surface area contributed by atoms with Crippen LogP contribution in [-0.2, 0) is 14.8 Å². The molecular formula is C12H20N2O4S. The van der Waals surface area contributed by atoms with E-state index >= 15 is 0 Å². The Labute approximate surface area is 113 Å². The van der Waals surface area contributed by atoms with Gasteiger partial charge in [-0.05, 0) is 24.1 Å². The lowest BCUT2D eigenvalue weighted by Gasteiger charge is -2.15. The third kappa shape index (κ3) is 4.70. The lowest BCUT2D eigenvalue weighted by molar-refractivity contribution is 0.164. The van der Waals surface area contributed by atoms with E-state index in [-0.39, 0.29) is 10.8 Å². The number of primary sulfonamides is 1. The van der Waals surface area contributed by atoms with Crippen molar-refractivity contribution in [3.63, 3.8) is 0 Å². The van der Waals surface area contributed by atoms with Gasteiger partial charge in [0.05, 0.1) is 24.3 Å². The third-order valence-corrected chi connectivity index (χ3v) is 3.50. The van der Waals surface area contributed by atoms with E-state index in [1.54, 1.807) is 13.2 Å². The zero-order valence-electron chi connectivity index (χ0n) is 11.3. The number of methoxy groups -OCH3 is 2. The number of anilines is 1. The second kappa shape index (κ2) is 6.74. The van der Waals surface area contributed by atoms with Gasteiger partial charge in [0.2, 0.25) is 10.0 Å². The van der Waals surface area contributed by atoms with E-state index in [4.69, 9.17) is 14.6 Å². The van der Waals surface area contributed by atoms with Crippen molar-refractivity contribution in [3.8, 4) is 5.75 Å². The van der Waals surface area contributed by atoms with Crippen LogP contribution in [0.3, 0.4) is 0 Å². The quantitative estimate of drug-likeness (QED) is 0.782. The number of nitrogens with two attached hydrogens (primary N) is 1. The monoisotopic (exact) mass is 288 g/mol. The second-order valence-electron chi connectivity index (χ2n) is 4.35. The average molecular weight is 288 g/mol. The van der Waals surface area contributed by atoms with E-state index in [0.717, 1.165) is 0 Å². The highest BCUT2D eigenvalue weighted by molar-refractivity contribution is 7.89. The Bertz CT molecular complexity index is 516. The van der Waals surface area contributed by atoms with Gasteiger partial charge in [-0.2, -0.15) is 0 Å². The van der Waals surface area contributed by atoms with E-state index in [1.807, 2.05) is 6.92 Å². The highest BCUT2D eigenvalue weighted by Crippen LogP contribution is 2.27. The lowest BCUT2D eigenvalue weighted by atomic mass is 10.2. The molecule has 0 radical (unpaired) electrons. The summed E-state index contributed by atoms with van der Waals surface area (Å²) in [4.78, 5) is 0.0511. The van der Waals surface area contributed by atoms with Gasteiger partial charge in [0.1, 0.15) is 5.75 Å². The summed E-state index contributed by atoms with van der Waals surface area (Å²) in [7, 11) is -0.558. The zero-order chi connectivity index (χ0) is 14.5. The molecule has 6 nitrogen and oxygen atoms in total. The number of rotatable bonds is 7. The Hall–Kier alpha value is -1.31. The molecule has 1 atom stereocenters. The van der Waals surface area contributed by atoms with Crippen molar-refractivity contribution < 1.29 is 17.9 Å². The minimum absolute atomic E-state index is 0.0511. The van der Waals surface area contributed by atoms with Crippen LogP contribution in [-0.4, -0.2) is 35.8 Å². The fraction of sp³-hybridized carbons (Fsp3) is 0.500. The first-order valence-electron chi connectivity index (χ1n) is 5.82. The predicted octanol–water partition coefficient (Wildman–Crippen LogP) is 1.04. The van der Waals surface area contributed by atoms with E-state index in [2.05, 4.69) is 5.32 Å². The maximum absolute atomic E-state index is 11.3. The molecule has 1 rings (SSSR count). The molecule has 3 N–H and O–H groups in total. The van der Waals surface area contributed by atoms with Gasteiger partial charge in [0.25, 0.3) is 0 Å². The number of benzene rings is 1. The fourth-order valence-electron chi connectivity index (χ4n) is 1.63. The number of nitrogens with one attached hydrogen (secondary N) is 1. The number of hydrogen-bond donors (Lipinski definition) is 2. The molecule has 1 aromatic rings. The van der Waals surface area contributed by atoms with Gasteiger partial charge in [0.15, 0.2) is 0 Å². The molecule has 0 heterocycles. The maximum atomic E-state index is 11.3. The molecule has 0 amide bonds. The van der Waals surface area contributed by atoms with Crippen LogP contribution in [0.5, 0.6) is 5.75 Å². The van der Waals surface area contributed by atoms with Gasteiger partial charge in [-0.15, -0.1) is 0 Å². The highest BCUT2D eigenvalue weighted by Gasteiger charge is 2.12. The van der Waals surface area contributed by atoms with E-state index in [1.165, 1.54) is 19.2 Å². The van der Waals surface area contributed by atoms with Crippen molar-refractivity contribution in [2.24, 2.45) is 11.1 Å². The van der Waals surface area contributed by atoms with Gasteiger partial charge in [0, 0.05) is 13.7 Å². The zero-order valence-corrected chi connectivity index (χ0v) is 12.2. The molecule has 0 aromatic heterocycles. The molecule has 0 aliphatic heterocycles. The highest BCUT2D eigenvalue weighted by atomic mass is 32.2. The summed E-state index contributed by atoms with van der Waals surface area (Å²) in [5, 5.41) is 8.24. The van der Waals surface area contributed by atoms with Crippen LogP contribution >= 0.6 is 0 Å². The predicted molar refractivity (Wildman–Crippen MR) is 73.9 cm³/mol. The molecular weight excluding hydrogens is 268 g/mol. The number of hydrogen-bond acceptors (Lipinski definition) is 5. The smallest absolute Gasteiger partial charge is 0.238 e. The summed E-state index contributed by atoms with van der Waals surface area (Å²) in [5.74, 6) is 0.852. The van der Waals surface area contributed by atoms with Crippen molar-refractivity contribution in [3.05, 3.63) is 18.2 Å². The summed E-state index contributed by atoms with van der Waals surface area (Å²) >= 11 is 0. The van der Waals surface area contributed by atoms with Crippen molar-refractivity contribution in [1.29, 1.82) is 0 Å². The molecule has 0 bridgehead atoms. The van der Waals surface area contributed by atoms with E-state index in [0.29, 0.717) is 24.6 Å². The summed E-state index contributed by atoms with van der Waals surface area (Å²) in [6.45, 7) is 3.27. The maximum Gasteiger partial charge on any atom is 0.238 e. The summed E-state index contributed by atoms with van der Waals surface area (Å²) < 4.78 is 32.8. The molecule has 0 aliphatic rings. The van der Waals surface area contributed by atoms with Crippen LogP contribution in [0.2, 0.25) is 0 Å². The standard InChI is InChI=1S/C12H20N2O4S/c1-9(8-17-2)7-14-11-6-10(19(13,15)16)4-5-12(11)18-3/h4-6,9,14H,7-8H2,1-3H3,(H2,13,15,16). The SMILES string of the molecule is COCC(C)CNc1cc(S(N)(=O)=O)ccc1OC. The Balaban J connectivity index is 2.91. The van der Waals surface area contributed by atoms with Gasteiger partial charge in [-0.3, -0.25) is 0 Å². The molecule has 0 saturated carbocycles. The van der Waals surface area contributed by atoms with Gasteiger partial charge in [-0.25, -0.2) is 13.6 Å². The van der Waals surface area contributed by atoms with Crippen LogP contribution in [0.15, 0.2) is 23.1 Å². The van der Waals surface area contributed by atoms with Crippen LogP contribution in [0.4, 0.5) is 5.69 Å². The molecule has 0 saturated heterocycles. The van der Waals surface area contributed by atoms with Crippen molar-refractivity contribution in [2.75, 3.05) is 32.7 Å². The molecule has 108 valence electrons. The van der Waals surface area contributed by atoms with Crippen LogP contribution in [0.25, 0.3) is 0 Å². The first-order valence-corrected chi connectivity index (χ1v) is 7.36. The van der Waals surface area contributed by atoms with Crippen LogP contribution < -0.4 is 15.2 Å². The minimum atomic E-state index is -3.72. The molecule has 0 fully saturated rings. The van der Waals surface area contributed by atoms with Crippen molar-refractivity contribution in [2.45, 2.75) is 11.8 Å². The molecule has 0 aliphatic carbocycles. The summed E-state index contributed by atoms with van der Waals surface area (Å²) in [6, 6.07) is 4.45. The van der Waals surface area contributed by atoms with E-state index < -0.39 is 10.0 Å². The van der Waals surface area contributed by atoms with Crippen molar-refractivity contribution in [1.82, 2.24) is 0 Å². The number of sulfonamides is 1. The van der Waals surface area contributed by atoms with E-state index in [9.17, 15) is 8.42 Å². The summed E-state index contributed by atoms with van der Waals surface area (Å²) in [6.07, 6.45) is 0. The first kappa shape index (κ1) is 15.7. The molecule has 19 heavy (non-hydrogen) atoms. The van der Waals surface area contributed by atoms with Gasteiger partial charge < -0.3 is 14.8 Å². The van der Waals surface area contributed by atoms with Gasteiger partial charge >= 0.3 is 0 Å². The lowest BCUT2D eigenvalue weighted by Crippen LogP contribution is -2.17. The second-order valence-corrected chi connectivity index (χ2v) is 5.91. The molecule has 7 heteroatoms. The van der Waals surface area contributed by atoms with Crippen molar-refractivity contribution >= 4 is 15.7 Å². The van der Waals surface area contributed by atoms with Crippen LogP contribution in [0.1, 0.15) is 6.92 Å². The molecule has 1 aromatic carbocycles. The Kier molecular flexibility index (Phi) is 5.59. The number of ether oxygens (including phenoxy) is 2. The van der Waals surface area contributed by atoms with Gasteiger partial charge in [-0.1, -0.05) is 6.92 Å². The summed E-state index contributed by atoms with van der Waals surface area (Å²) in [5.41, 5.74) is 0.594. The molecule has 0 spiro atoms. The average Bonchev–Trinajstić information content (AvgIpc) is 2.35. The fourth-order valence-corrected chi connectivity index (χ4v) is 2.17. The Morgan fingerprint density at radius 1 is 1.37 bits per heavy atom. The normalized spacial score (nSPS) is 13.1. The first-order chi connectivity index (χ1) is 8.88. The minimum Gasteiger partial charge on any atom is -0.495 e. The largest absolute Gasteiger partial charge is 0.495 e.